The van der Waals surface area contributed by atoms with E-state index in [-0.39, 0.29) is 45.7 Å². The van der Waals surface area contributed by atoms with Gasteiger partial charge < -0.3 is 15.5 Å². The maximum atomic E-state index is 14.3. The monoisotopic (exact) mass is 684 g/mol. The van der Waals surface area contributed by atoms with Crippen LogP contribution in [0, 0.1) is 0 Å². The average molecular weight is 685 g/mol. The zero-order chi connectivity index (χ0) is 34.1. The van der Waals surface area contributed by atoms with Gasteiger partial charge in [0, 0.05) is 24.8 Å². The molecule has 0 aromatic heterocycles. The number of phenolic OH excluding ortho intramolecular Hbond substituents is 2. The third-order valence-electron chi connectivity index (χ3n) is 8.44. The van der Waals surface area contributed by atoms with Gasteiger partial charge in [-0.2, -0.15) is 4.31 Å². The van der Waals surface area contributed by atoms with Gasteiger partial charge in [-0.3, -0.25) is 19.3 Å². The number of phenols is 2. The number of carbonyl (C=O) groups excluding carboxylic acids is 3. The fourth-order valence-electron chi connectivity index (χ4n) is 5.99. The van der Waals surface area contributed by atoms with E-state index in [2.05, 4.69) is 5.32 Å². The quantitative estimate of drug-likeness (QED) is 0.256. The molecule has 1 heterocycles. The van der Waals surface area contributed by atoms with E-state index >= 15 is 0 Å². The van der Waals surface area contributed by atoms with E-state index in [9.17, 15) is 41.4 Å². The lowest BCUT2D eigenvalue weighted by atomic mass is 10.0. The molecule has 0 bridgehead atoms. The summed E-state index contributed by atoms with van der Waals surface area (Å²) in [5.74, 6) is -3.59. The second-order valence-corrected chi connectivity index (χ2v) is 15.1. The van der Waals surface area contributed by atoms with Crippen LogP contribution in [0.15, 0.2) is 76.5 Å². The van der Waals surface area contributed by atoms with E-state index in [4.69, 9.17) is 0 Å². The van der Waals surface area contributed by atoms with Crippen molar-refractivity contribution >= 4 is 43.5 Å². The van der Waals surface area contributed by atoms with Crippen LogP contribution in [0.1, 0.15) is 61.5 Å². The second kappa shape index (κ2) is 13.3. The standard InChI is InChI=1S/C32H36N4O9S2/c1-3-34(4-2)46(42,43)24-16-14-23(15-17-24)36(29(39)20-35-32(41)25-11-7-8-12-28(25)47(35,44)45)30(21-13-18-26(37)27(38)19-21)31(40)33-22-9-5-6-10-22/h7-8,11-19,22,30,37-38H,3-6,9-10,20H2,1-2H3,(H,33,40)/t30-/m1/s1. The van der Waals surface area contributed by atoms with Crippen molar-refractivity contribution < 1.29 is 41.4 Å². The van der Waals surface area contributed by atoms with Crippen LogP contribution >= 0.6 is 0 Å². The normalized spacial score (nSPS) is 16.7. The number of anilines is 1. The van der Waals surface area contributed by atoms with E-state index in [0.29, 0.717) is 17.1 Å². The van der Waals surface area contributed by atoms with Crippen LogP contribution in [0.5, 0.6) is 11.5 Å². The van der Waals surface area contributed by atoms with Crippen molar-refractivity contribution in [3.63, 3.8) is 0 Å². The Morgan fingerprint density at radius 3 is 2.19 bits per heavy atom. The minimum absolute atomic E-state index is 0.0224. The number of sulfonamides is 2. The largest absolute Gasteiger partial charge is 0.504 e. The van der Waals surface area contributed by atoms with Crippen LogP contribution in [0.4, 0.5) is 5.69 Å². The topological polar surface area (TPSA) is 182 Å². The number of carbonyl (C=O) groups is 3. The zero-order valence-corrected chi connectivity index (χ0v) is 27.5. The minimum atomic E-state index is -4.41. The molecule has 3 aromatic carbocycles. The van der Waals surface area contributed by atoms with E-state index < -0.39 is 61.9 Å². The first-order valence-electron chi connectivity index (χ1n) is 15.2. The maximum Gasteiger partial charge on any atom is 0.269 e. The summed E-state index contributed by atoms with van der Waals surface area (Å²) in [4.78, 5) is 42.3. The summed E-state index contributed by atoms with van der Waals surface area (Å²) in [6.07, 6.45) is 3.17. The summed E-state index contributed by atoms with van der Waals surface area (Å²) < 4.78 is 54.8. The summed E-state index contributed by atoms with van der Waals surface area (Å²) >= 11 is 0. The fraction of sp³-hybridized carbons (Fsp3) is 0.344. The Hall–Kier alpha value is -4.47. The van der Waals surface area contributed by atoms with Gasteiger partial charge in [-0.25, -0.2) is 21.1 Å². The van der Waals surface area contributed by atoms with E-state index in [1.165, 1.54) is 58.9 Å². The molecule has 0 radical (unpaired) electrons. The van der Waals surface area contributed by atoms with Gasteiger partial charge in [0.1, 0.15) is 17.5 Å². The molecule has 15 heteroatoms. The smallest absolute Gasteiger partial charge is 0.269 e. The number of benzene rings is 3. The highest BCUT2D eigenvalue weighted by Gasteiger charge is 2.44. The van der Waals surface area contributed by atoms with Crippen molar-refractivity contribution in [2.75, 3.05) is 24.5 Å². The minimum Gasteiger partial charge on any atom is -0.504 e. The molecule has 0 saturated heterocycles. The molecule has 1 atom stereocenters. The Bertz CT molecular complexity index is 1900. The molecule has 1 fully saturated rings. The van der Waals surface area contributed by atoms with Gasteiger partial charge in [0.15, 0.2) is 11.5 Å². The Morgan fingerprint density at radius 1 is 0.957 bits per heavy atom. The summed E-state index contributed by atoms with van der Waals surface area (Å²) in [6.45, 7) is 2.86. The zero-order valence-electron chi connectivity index (χ0n) is 25.9. The number of amides is 3. The molecule has 250 valence electrons. The third kappa shape index (κ3) is 6.42. The predicted octanol–water partition coefficient (Wildman–Crippen LogP) is 3.11. The molecule has 2 aliphatic rings. The Balaban J connectivity index is 1.62. The number of hydrogen-bond donors (Lipinski definition) is 3. The lowest BCUT2D eigenvalue weighted by Crippen LogP contribution is -2.50. The number of rotatable bonds is 11. The third-order valence-corrected chi connectivity index (χ3v) is 12.3. The summed E-state index contributed by atoms with van der Waals surface area (Å²) in [5, 5.41) is 23.3. The van der Waals surface area contributed by atoms with Gasteiger partial charge in [-0.1, -0.05) is 44.9 Å². The predicted molar refractivity (Wildman–Crippen MR) is 172 cm³/mol. The molecule has 47 heavy (non-hydrogen) atoms. The van der Waals surface area contributed by atoms with Gasteiger partial charge in [-0.05, 0) is 66.9 Å². The van der Waals surface area contributed by atoms with Crippen LogP contribution < -0.4 is 10.2 Å². The second-order valence-electron chi connectivity index (χ2n) is 11.3. The Morgan fingerprint density at radius 2 is 1.60 bits per heavy atom. The van der Waals surface area contributed by atoms with Gasteiger partial charge in [0.2, 0.25) is 21.8 Å². The number of aromatic hydroxyl groups is 2. The van der Waals surface area contributed by atoms with Crippen LogP contribution in [-0.4, -0.2) is 79.1 Å². The molecule has 1 aliphatic heterocycles. The van der Waals surface area contributed by atoms with Crippen LogP contribution in [0.3, 0.4) is 0 Å². The van der Waals surface area contributed by atoms with Gasteiger partial charge in [0.25, 0.3) is 15.9 Å². The molecule has 5 rings (SSSR count). The first kappa shape index (κ1) is 33.9. The van der Waals surface area contributed by atoms with Crippen LogP contribution in [0.25, 0.3) is 0 Å². The highest BCUT2D eigenvalue weighted by Crippen LogP contribution is 2.36. The molecule has 13 nitrogen and oxygen atoms in total. The molecule has 3 aromatic rings. The van der Waals surface area contributed by atoms with Crippen molar-refractivity contribution in [2.45, 2.75) is 61.4 Å². The van der Waals surface area contributed by atoms with Gasteiger partial charge >= 0.3 is 0 Å². The van der Waals surface area contributed by atoms with Crippen LogP contribution in [-0.2, 0) is 29.6 Å². The number of fused-ring (bicyclic) bond motifs is 1. The summed E-state index contributed by atoms with van der Waals surface area (Å²) in [6, 6.07) is 12.6. The molecule has 3 N–H and O–H groups in total. The molecule has 1 aliphatic carbocycles. The number of nitrogens with one attached hydrogen (secondary N) is 1. The first-order valence-corrected chi connectivity index (χ1v) is 18.1. The molecule has 1 saturated carbocycles. The molecule has 0 spiro atoms. The van der Waals surface area contributed by atoms with Crippen LogP contribution in [0.2, 0.25) is 0 Å². The van der Waals surface area contributed by atoms with E-state index in [0.717, 1.165) is 29.9 Å². The molecular formula is C32H36N4O9S2. The van der Waals surface area contributed by atoms with Gasteiger partial charge in [0.05, 0.1) is 10.5 Å². The highest BCUT2D eigenvalue weighted by molar-refractivity contribution is 7.90. The van der Waals surface area contributed by atoms with E-state index in [1.807, 2.05) is 0 Å². The maximum absolute atomic E-state index is 14.3. The molecule has 0 unspecified atom stereocenters. The van der Waals surface area contributed by atoms with Crippen molar-refractivity contribution in [1.82, 2.24) is 13.9 Å². The fourth-order valence-corrected chi connectivity index (χ4v) is 8.97. The van der Waals surface area contributed by atoms with E-state index in [1.54, 1.807) is 13.8 Å². The SMILES string of the molecule is CCN(CC)S(=O)(=O)c1ccc(N(C(=O)CN2C(=O)c3ccccc3S2(=O)=O)[C@@H](C(=O)NC2CCCC2)c2ccc(O)c(O)c2)cc1. The molecular weight excluding hydrogens is 649 g/mol. The van der Waals surface area contributed by atoms with Crippen molar-refractivity contribution in [2.24, 2.45) is 0 Å². The molecule has 3 amide bonds. The first-order chi connectivity index (χ1) is 22.3. The Labute approximate surface area is 273 Å². The van der Waals surface area contributed by atoms with Crippen molar-refractivity contribution in [1.29, 1.82) is 0 Å². The highest BCUT2D eigenvalue weighted by atomic mass is 32.2. The Kier molecular flexibility index (Phi) is 9.61. The van der Waals surface area contributed by atoms with Crippen molar-refractivity contribution in [3.8, 4) is 11.5 Å². The number of nitrogens with zero attached hydrogens (tertiary/aromatic N) is 3. The van der Waals surface area contributed by atoms with Crippen molar-refractivity contribution in [3.05, 3.63) is 77.9 Å². The lowest BCUT2D eigenvalue weighted by Gasteiger charge is -2.33. The number of hydrogen-bond acceptors (Lipinski definition) is 9. The average Bonchev–Trinajstić information content (AvgIpc) is 3.62. The lowest BCUT2D eigenvalue weighted by molar-refractivity contribution is -0.127. The van der Waals surface area contributed by atoms with Gasteiger partial charge in [-0.15, -0.1) is 0 Å². The summed E-state index contributed by atoms with van der Waals surface area (Å²) in [5.41, 5.74) is -0.00568. The summed E-state index contributed by atoms with van der Waals surface area (Å²) in [7, 11) is -8.30.